The first-order valence-electron chi connectivity index (χ1n) is 7.23. The summed E-state index contributed by atoms with van der Waals surface area (Å²) < 4.78 is 5.39. The fourth-order valence-corrected chi connectivity index (χ4v) is 2.48. The highest BCUT2D eigenvalue weighted by atomic mass is 16.6. The van der Waals surface area contributed by atoms with E-state index in [-0.39, 0.29) is 6.09 Å². The first-order chi connectivity index (χ1) is 9.89. The van der Waals surface area contributed by atoms with Crippen LogP contribution in [0.25, 0.3) is 0 Å². The molecule has 0 atom stereocenters. The average Bonchev–Trinajstić information content (AvgIpc) is 2.46. The number of carbonyl (C=O) groups excluding carboxylic acids is 1. The molecule has 0 radical (unpaired) electrons. The third-order valence-corrected chi connectivity index (χ3v) is 3.52. The smallest absolute Gasteiger partial charge is 0.410 e. The molecule has 2 heterocycles. The summed E-state index contributed by atoms with van der Waals surface area (Å²) in [5.41, 5.74) is 1.12. The molecule has 2 rings (SSSR count). The van der Waals surface area contributed by atoms with Gasteiger partial charge >= 0.3 is 6.09 Å². The maximum Gasteiger partial charge on any atom is 0.410 e. The Morgan fingerprint density at radius 2 is 2.10 bits per heavy atom. The first kappa shape index (κ1) is 15.3. The number of aromatic nitrogens is 1. The summed E-state index contributed by atoms with van der Waals surface area (Å²) in [7, 11) is 0. The van der Waals surface area contributed by atoms with Crippen LogP contribution in [0.15, 0.2) is 18.3 Å². The lowest BCUT2D eigenvalue weighted by Crippen LogP contribution is -2.41. The van der Waals surface area contributed by atoms with Crippen LogP contribution >= 0.6 is 0 Å². The number of ether oxygens (including phenoxy) is 1. The van der Waals surface area contributed by atoms with Crippen molar-refractivity contribution >= 4 is 6.09 Å². The number of hydrogen-bond donors (Lipinski definition) is 0. The van der Waals surface area contributed by atoms with E-state index >= 15 is 0 Å². The van der Waals surface area contributed by atoms with E-state index in [0.717, 1.165) is 18.4 Å². The van der Waals surface area contributed by atoms with Crippen LogP contribution in [0, 0.1) is 11.3 Å². The van der Waals surface area contributed by atoms with Gasteiger partial charge in [0.25, 0.3) is 0 Å². The van der Waals surface area contributed by atoms with Gasteiger partial charge in [-0.15, -0.1) is 0 Å². The number of nitriles is 1. The van der Waals surface area contributed by atoms with Crippen molar-refractivity contribution in [3.05, 3.63) is 29.6 Å². The summed E-state index contributed by atoms with van der Waals surface area (Å²) in [6.07, 6.45) is 3.20. The van der Waals surface area contributed by atoms with Crippen molar-refractivity contribution in [3.63, 3.8) is 0 Å². The molecule has 5 heteroatoms. The Morgan fingerprint density at radius 3 is 2.67 bits per heavy atom. The van der Waals surface area contributed by atoms with E-state index in [1.54, 1.807) is 11.1 Å². The van der Waals surface area contributed by atoms with Crippen molar-refractivity contribution in [2.75, 3.05) is 13.1 Å². The van der Waals surface area contributed by atoms with E-state index in [2.05, 4.69) is 11.1 Å². The fraction of sp³-hybridized carbons (Fsp3) is 0.562. The number of piperidine rings is 1. The maximum absolute atomic E-state index is 12.0. The molecule has 1 aromatic heterocycles. The van der Waals surface area contributed by atoms with Crippen molar-refractivity contribution in [2.45, 2.75) is 45.1 Å². The maximum atomic E-state index is 12.0. The summed E-state index contributed by atoms with van der Waals surface area (Å²) in [4.78, 5) is 17.8. The molecular weight excluding hydrogens is 266 g/mol. The molecule has 0 spiro atoms. The SMILES string of the molecule is CC(C)(C)OC(=O)N1CCC(c2ccnc(C#N)c2)CC1. The molecular formula is C16H21N3O2. The molecule has 21 heavy (non-hydrogen) atoms. The molecule has 1 aliphatic rings. The minimum Gasteiger partial charge on any atom is -0.444 e. The molecule has 0 aliphatic carbocycles. The molecule has 0 unspecified atom stereocenters. The van der Waals surface area contributed by atoms with Gasteiger partial charge in [0.2, 0.25) is 0 Å². The Bertz CT molecular complexity index is 549. The predicted octanol–water partition coefficient (Wildman–Crippen LogP) is 3.07. The molecule has 0 saturated carbocycles. The van der Waals surface area contributed by atoms with E-state index < -0.39 is 5.60 Å². The van der Waals surface area contributed by atoms with Gasteiger partial charge in [0.1, 0.15) is 17.4 Å². The lowest BCUT2D eigenvalue weighted by atomic mass is 9.90. The van der Waals surface area contributed by atoms with E-state index in [0.29, 0.717) is 24.7 Å². The largest absolute Gasteiger partial charge is 0.444 e. The molecule has 1 aromatic rings. The molecule has 1 aliphatic heterocycles. The van der Waals surface area contributed by atoms with Crippen LogP contribution < -0.4 is 0 Å². The standard InChI is InChI=1S/C16H21N3O2/c1-16(2,3)21-15(20)19-8-5-12(6-9-19)13-4-7-18-14(10-13)11-17/h4,7,10,12H,5-6,8-9H2,1-3H3. The topological polar surface area (TPSA) is 66.2 Å². The number of pyridine rings is 1. The second kappa shape index (κ2) is 6.13. The number of rotatable bonds is 1. The fourth-order valence-electron chi connectivity index (χ4n) is 2.48. The molecule has 0 aromatic carbocycles. The van der Waals surface area contributed by atoms with Crippen LogP contribution in [0.2, 0.25) is 0 Å². The van der Waals surface area contributed by atoms with Gasteiger partial charge in [0, 0.05) is 19.3 Å². The van der Waals surface area contributed by atoms with E-state index in [4.69, 9.17) is 10.00 Å². The van der Waals surface area contributed by atoms with Gasteiger partial charge < -0.3 is 9.64 Å². The Kier molecular flexibility index (Phi) is 4.46. The van der Waals surface area contributed by atoms with Gasteiger partial charge in [-0.1, -0.05) is 0 Å². The van der Waals surface area contributed by atoms with E-state index in [1.165, 1.54) is 0 Å². The zero-order valence-electron chi connectivity index (χ0n) is 12.8. The van der Waals surface area contributed by atoms with Crippen LogP contribution in [-0.2, 0) is 4.74 Å². The summed E-state index contributed by atoms with van der Waals surface area (Å²) in [6.45, 7) is 6.99. The van der Waals surface area contributed by atoms with Gasteiger partial charge in [-0.3, -0.25) is 0 Å². The highest BCUT2D eigenvalue weighted by Crippen LogP contribution is 2.28. The highest BCUT2D eigenvalue weighted by Gasteiger charge is 2.27. The van der Waals surface area contributed by atoms with Crippen molar-refractivity contribution < 1.29 is 9.53 Å². The molecule has 1 fully saturated rings. The molecule has 1 saturated heterocycles. The zero-order valence-corrected chi connectivity index (χ0v) is 12.8. The number of nitrogens with zero attached hydrogens (tertiary/aromatic N) is 3. The molecule has 0 N–H and O–H groups in total. The van der Waals surface area contributed by atoms with Crippen LogP contribution in [0.5, 0.6) is 0 Å². The van der Waals surface area contributed by atoms with Gasteiger partial charge in [-0.25, -0.2) is 9.78 Å². The van der Waals surface area contributed by atoms with Crippen molar-refractivity contribution in [2.24, 2.45) is 0 Å². The van der Waals surface area contributed by atoms with E-state index in [1.807, 2.05) is 32.9 Å². The minimum atomic E-state index is -0.458. The van der Waals surface area contributed by atoms with E-state index in [9.17, 15) is 4.79 Å². The van der Waals surface area contributed by atoms with Crippen LogP contribution in [0.3, 0.4) is 0 Å². The molecule has 0 bridgehead atoms. The number of amides is 1. The van der Waals surface area contributed by atoms with Crippen molar-refractivity contribution in [3.8, 4) is 6.07 Å². The second-order valence-electron chi connectivity index (χ2n) is 6.33. The number of carbonyl (C=O) groups is 1. The summed E-state index contributed by atoms with van der Waals surface area (Å²) in [6, 6.07) is 5.86. The Morgan fingerprint density at radius 1 is 1.43 bits per heavy atom. The van der Waals surface area contributed by atoms with Crippen LogP contribution in [0.4, 0.5) is 4.79 Å². The number of likely N-dealkylation sites (tertiary alicyclic amines) is 1. The van der Waals surface area contributed by atoms with Crippen molar-refractivity contribution in [1.29, 1.82) is 5.26 Å². The minimum absolute atomic E-state index is 0.242. The molecule has 1 amide bonds. The average molecular weight is 287 g/mol. The Labute approximate surface area is 125 Å². The second-order valence-corrected chi connectivity index (χ2v) is 6.33. The lowest BCUT2D eigenvalue weighted by molar-refractivity contribution is 0.0205. The Hall–Kier alpha value is -2.09. The normalized spacial score (nSPS) is 16.4. The first-order valence-corrected chi connectivity index (χ1v) is 7.23. The summed E-state index contributed by atoms with van der Waals surface area (Å²) in [5.74, 6) is 0.374. The van der Waals surface area contributed by atoms with Gasteiger partial charge in [0.05, 0.1) is 0 Å². The zero-order chi connectivity index (χ0) is 15.5. The monoisotopic (exact) mass is 287 g/mol. The lowest BCUT2D eigenvalue weighted by Gasteiger charge is -2.33. The molecule has 5 nitrogen and oxygen atoms in total. The van der Waals surface area contributed by atoms with Crippen LogP contribution in [0.1, 0.15) is 50.8 Å². The third-order valence-electron chi connectivity index (χ3n) is 3.52. The number of hydrogen-bond acceptors (Lipinski definition) is 4. The van der Waals surface area contributed by atoms with Crippen LogP contribution in [-0.4, -0.2) is 34.7 Å². The van der Waals surface area contributed by atoms with Gasteiger partial charge in [-0.05, 0) is 57.2 Å². The van der Waals surface area contributed by atoms with Gasteiger partial charge in [-0.2, -0.15) is 5.26 Å². The quantitative estimate of drug-likeness (QED) is 0.796. The van der Waals surface area contributed by atoms with Crippen molar-refractivity contribution in [1.82, 2.24) is 9.88 Å². The summed E-state index contributed by atoms with van der Waals surface area (Å²) >= 11 is 0. The summed E-state index contributed by atoms with van der Waals surface area (Å²) in [5, 5.41) is 8.90. The Balaban J connectivity index is 1.94. The predicted molar refractivity (Wildman–Crippen MR) is 78.7 cm³/mol. The third kappa shape index (κ3) is 4.19. The highest BCUT2D eigenvalue weighted by molar-refractivity contribution is 5.68. The molecule has 112 valence electrons. The van der Waals surface area contributed by atoms with Gasteiger partial charge in [0.15, 0.2) is 0 Å².